The minimum atomic E-state index is -0.505. The topological polar surface area (TPSA) is 58.6 Å². The molecule has 1 fully saturated rings. The third kappa shape index (κ3) is 6.43. The molecule has 1 aliphatic heterocycles. The van der Waals surface area contributed by atoms with Crippen molar-refractivity contribution in [3.63, 3.8) is 0 Å². The summed E-state index contributed by atoms with van der Waals surface area (Å²) in [5.74, 6) is -0.139. The lowest BCUT2D eigenvalue weighted by atomic mass is 10.0. The summed E-state index contributed by atoms with van der Waals surface area (Å²) < 4.78 is 5.46. The highest BCUT2D eigenvalue weighted by Crippen LogP contribution is 2.16. The third-order valence-corrected chi connectivity index (χ3v) is 3.51. The largest absolute Gasteiger partial charge is 0.459 e. The lowest BCUT2D eigenvalue weighted by molar-refractivity contribution is -0.159. The number of nitrogens with one attached hydrogen (secondary N) is 1. The van der Waals surface area contributed by atoms with Gasteiger partial charge >= 0.3 is 5.97 Å². The van der Waals surface area contributed by atoms with Gasteiger partial charge in [-0.15, -0.1) is 13.2 Å². The van der Waals surface area contributed by atoms with Gasteiger partial charge in [0.25, 0.3) is 0 Å². The normalized spacial score (nSPS) is 21.5. The molecule has 5 heteroatoms. The fourth-order valence-corrected chi connectivity index (χ4v) is 2.54. The van der Waals surface area contributed by atoms with Crippen LogP contribution in [0.5, 0.6) is 0 Å². The first-order valence-corrected chi connectivity index (χ1v) is 7.90. The van der Waals surface area contributed by atoms with Crippen LogP contribution in [0.3, 0.4) is 0 Å². The molecule has 22 heavy (non-hydrogen) atoms. The van der Waals surface area contributed by atoms with Gasteiger partial charge in [-0.3, -0.25) is 9.69 Å². The molecule has 1 heterocycles. The Bertz CT molecular complexity index is 397. The maximum absolute atomic E-state index is 12.0. The summed E-state index contributed by atoms with van der Waals surface area (Å²) >= 11 is 0. The molecule has 1 N–H and O–H groups in total. The second kappa shape index (κ2) is 9.41. The molecule has 0 aromatic rings. The van der Waals surface area contributed by atoms with E-state index in [0.29, 0.717) is 19.4 Å². The van der Waals surface area contributed by atoms with Crippen LogP contribution in [0.2, 0.25) is 0 Å². The van der Waals surface area contributed by atoms with Gasteiger partial charge in [0.15, 0.2) is 0 Å². The lowest BCUT2D eigenvalue weighted by Gasteiger charge is -2.32. The van der Waals surface area contributed by atoms with Crippen LogP contribution in [0, 0.1) is 5.92 Å². The second-order valence-corrected chi connectivity index (χ2v) is 6.15. The summed E-state index contributed by atoms with van der Waals surface area (Å²) in [4.78, 5) is 25.9. The molecule has 2 atom stereocenters. The van der Waals surface area contributed by atoms with Gasteiger partial charge in [0.05, 0.1) is 0 Å². The Morgan fingerprint density at radius 1 is 1.36 bits per heavy atom. The van der Waals surface area contributed by atoms with E-state index in [2.05, 4.69) is 23.4 Å². The van der Waals surface area contributed by atoms with E-state index in [0.717, 1.165) is 19.5 Å². The number of cyclic esters (lactones) is 1. The molecule has 0 aromatic carbocycles. The number of ether oxygens (including phenoxy) is 1. The fourth-order valence-electron chi connectivity index (χ4n) is 2.54. The van der Waals surface area contributed by atoms with Crippen LogP contribution in [0.15, 0.2) is 25.3 Å². The molecule has 0 bridgehead atoms. The van der Waals surface area contributed by atoms with Crippen molar-refractivity contribution >= 4 is 11.9 Å². The van der Waals surface area contributed by atoms with Crippen molar-refractivity contribution in [2.75, 3.05) is 19.6 Å². The number of amides is 1. The van der Waals surface area contributed by atoms with Crippen LogP contribution >= 0.6 is 0 Å². The average Bonchev–Trinajstić information content (AvgIpc) is 2.41. The minimum absolute atomic E-state index is 0.0876. The Kier molecular flexibility index (Phi) is 7.88. The van der Waals surface area contributed by atoms with Crippen LogP contribution in [-0.2, 0) is 14.3 Å². The predicted molar refractivity (Wildman–Crippen MR) is 87.3 cm³/mol. The summed E-state index contributed by atoms with van der Waals surface area (Å²) in [7, 11) is 0. The summed E-state index contributed by atoms with van der Waals surface area (Å²) in [5.41, 5.74) is 0. The molecule has 1 saturated heterocycles. The third-order valence-electron chi connectivity index (χ3n) is 3.51. The second-order valence-electron chi connectivity index (χ2n) is 6.15. The highest BCUT2D eigenvalue weighted by Gasteiger charge is 2.31. The van der Waals surface area contributed by atoms with E-state index in [-0.39, 0.29) is 23.9 Å². The van der Waals surface area contributed by atoms with Crippen LogP contribution in [-0.4, -0.2) is 48.6 Å². The summed E-state index contributed by atoms with van der Waals surface area (Å²) in [6, 6.07) is -0.505. The van der Waals surface area contributed by atoms with Crippen molar-refractivity contribution in [1.82, 2.24) is 10.2 Å². The Morgan fingerprint density at radius 2 is 2.00 bits per heavy atom. The number of hydrogen-bond acceptors (Lipinski definition) is 4. The van der Waals surface area contributed by atoms with Crippen molar-refractivity contribution in [1.29, 1.82) is 0 Å². The first kappa shape index (κ1) is 18.4. The SMILES string of the molecule is C=CCN(CC=C)C[C@@H]1CC[C@H](NC(=O)CC(C)C)C(=O)O1. The standard InChI is InChI=1S/C17H28N2O3/c1-5-9-19(10-6-2)12-14-7-8-15(17(21)22-14)18-16(20)11-13(3)4/h5-6,13-15H,1-2,7-12H2,3-4H3,(H,18,20)/t14-,15-/m0/s1. The molecular formula is C17H28N2O3. The van der Waals surface area contributed by atoms with E-state index in [1.807, 2.05) is 26.0 Å². The molecule has 1 rings (SSSR count). The van der Waals surface area contributed by atoms with E-state index in [1.54, 1.807) is 0 Å². The van der Waals surface area contributed by atoms with Gasteiger partial charge in [-0.1, -0.05) is 26.0 Å². The summed E-state index contributed by atoms with van der Waals surface area (Å²) in [6.45, 7) is 13.5. The van der Waals surface area contributed by atoms with E-state index in [9.17, 15) is 9.59 Å². The van der Waals surface area contributed by atoms with E-state index < -0.39 is 6.04 Å². The molecule has 0 aliphatic carbocycles. The van der Waals surface area contributed by atoms with Crippen molar-refractivity contribution in [2.24, 2.45) is 5.92 Å². The molecule has 0 unspecified atom stereocenters. The van der Waals surface area contributed by atoms with E-state index in [4.69, 9.17) is 4.74 Å². The number of hydrogen-bond donors (Lipinski definition) is 1. The number of esters is 1. The van der Waals surface area contributed by atoms with Crippen molar-refractivity contribution in [3.05, 3.63) is 25.3 Å². The number of nitrogens with zero attached hydrogens (tertiary/aromatic N) is 1. The molecular weight excluding hydrogens is 280 g/mol. The van der Waals surface area contributed by atoms with E-state index in [1.165, 1.54) is 0 Å². The Labute approximate surface area is 133 Å². The van der Waals surface area contributed by atoms with Crippen LogP contribution < -0.4 is 5.32 Å². The maximum Gasteiger partial charge on any atom is 0.328 e. The molecule has 1 amide bonds. The fraction of sp³-hybridized carbons (Fsp3) is 0.647. The average molecular weight is 308 g/mol. The summed E-state index contributed by atoms with van der Waals surface area (Å²) in [5, 5.41) is 2.76. The number of rotatable bonds is 9. The Balaban J connectivity index is 2.44. The minimum Gasteiger partial charge on any atom is -0.459 e. The van der Waals surface area contributed by atoms with Crippen LogP contribution in [0.25, 0.3) is 0 Å². The van der Waals surface area contributed by atoms with E-state index >= 15 is 0 Å². The van der Waals surface area contributed by atoms with Gasteiger partial charge in [-0.25, -0.2) is 4.79 Å². The van der Waals surface area contributed by atoms with Gasteiger partial charge in [0.2, 0.25) is 5.91 Å². The molecule has 0 spiro atoms. The first-order chi connectivity index (χ1) is 10.5. The Morgan fingerprint density at radius 3 is 2.50 bits per heavy atom. The van der Waals surface area contributed by atoms with Gasteiger partial charge in [0.1, 0.15) is 12.1 Å². The smallest absolute Gasteiger partial charge is 0.328 e. The number of carbonyl (C=O) groups is 2. The highest BCUT2D eigenvalue weighted by atomic mass is 16.5. The zero-order chi connectivity index (χ0) is 16.5. The highest BCUT2D eigenvalue weighted by molar-refractivity contribution is 5.84. The predicted octanol–water partition coefficient (Wildman–Crippen LogP) is 1.90. The van der Waals surface area contributed by atoms with Crippen LogP contribution in [0.4, 0.5) is 0 Å². The zero-order valence-electron chi connectivity index (χ0n) is 13.7. The molecule has 1 aliphatic rings. The molecule has 0 radical (unpaired) electrons. The lowest BCUT2D eigenvalue weighted by Crippen LogP contribution is -2.49. The quantitative estimate of drug-likeness (QED) is 0.522. The van der Waals surface area contributed by atoms with Crippen LogP contribution in [0.1, 0.15) is 33.1 Å². The maximum atomic E-state index is 12.0. The van der Waals surface area contributed by atoms with Crippen molar-refractivity contribution < 1.29 is 14.3 Å². The monoisotopic (exact) mass is 308 g/mol. The van der Waals surface area contributed by atoms with Gasteiger partial charge in [-0.05, 0) is 18.8 Å². The Hall–Kier alpha value is -1.62. The molecule has 5 nitrogen and oxygen atoms in total. The van der Waals surface area contributed by atoms with Gasteiger partial charge in [-0.2, -0.15) is 0 Å². The zero-order valence-corrected chi connectivity index (χ0v) is 13.7. The molecule has 124 valence electrons. The first-order valence-electron chi connectivity index (χ1n) is 7.90. The molecule has 0 aromatic heterocycles. The van der Waals surface area contributed by atoms with Gasteiger partial charge in [0, 0.05) is 26.1 Å². The summed E-state index contributed by atoms with van der Waals surface area (Å²) in [6.07, 6.45) is 5.32. The van der Waals surface area contributed by atoms with Crippen molar-refractivity contribution in [3.8, 4) is 0 Å². The number of carbonyl (C=O) groups excluding carboxylic acids is 2. The van der Waals surface area contributed by atoms with Gasteiger partial charge < -0.3 is 10.1 Å². The molecule has 0 saturated carbocycles. The van der Waals surface area contributed by atoms with Crippen molar-refractivity contribution in [2.45, 2.75) is 45.3 Å².